The van der Waals surface area contributed by atoms with Crippen molar-refractivity contribution in [1.82, 2.24) is 0 Å². The number of fused-ring (bicyclic) bond motifs is 1. The van der Waals surface area contributed by atoms with Gasteiger partial charge >= 0.3 is 11.9 Å². The first-order valence-corrected chi connectivity index (χ1v) is 9.24. The number of carbonyl (C=O) groups is 2. The molecule has 2 fully saturated rings. The Morgan fingerprint density at radius 1 is 1.29 bits per heavy atom. The van der Waals surface area contributed by atoms with Crippen molar-refractivity contribution in [3.05, 3.63) is 12.2 Å². The lowest BCUT2D eigenvalue weighted by Gasteiger charge is -2.57. The molecule has 0 heterocycles. The quantitative estimate of drug-likeness (QED) is 0.687. The molecular weight excluding hydrogens is 304 g/mol. The third-order valence-electron chi connectivity index (χ3n) is 6.98. The molecular formula is C20H32O4. The first-order valence-electron chi connectivity index (χ1n) is 9.24. The molecule has 0 radical (unpaired) electrons. The van der Waals surface area contributed by atoms with Crippen molar-refractivity contribution in [1.29, 1.82) is 0 Å². The van der Waals surface area contributed by atoms with Crippen molar-refractivity contribution in [2.75, 3.05) is 0 Å². The highest BCUT2D eigenvalue weighted by Gasteiger charge is 2.57. The molecule has 0 amide bonds. The monoisotopic (exact) mass is 336 g/mol. The highest BCUT2D eigenvalue weighted by Crippen LogP contribution is 2.62. The van der Waals surface area contributed by atoms with Crippen molar-refractivity contribution < 1.29 is 19.8 Å². The van der Waals surface area contributed by atoms with Crippen LogP contribution in [0.25, 0.3) is 0 Å². The fourth-order valence-corrected chi connectivity index (χ4v) is 5.59. The molecule has 5 atom stereocenters. The SMILES string of the molecule is C=C1CC[C@@H]2[C@](C)(CCC[C@@]2(C)C(=O)O)[C@H]1CC[C@H](C)CC(=O)O. The largest absolute Gasteiger partial charge is 0.481 e. The summed E-state index contributed by atoms with van der Waals surface area (Å²) < 4.78 is 0. The number of hydrogen-bond donors (Lipinski definition) is 2. The Morgan fingerprint density at radius 2 is 1.96 bits per heavy atom. The van der Waals surface area contributed by atoms with Crippen LogP contribution in [0.15, 0.2) is 12.2 Å². The van der Waals surface area contributed by atoms with E-state index in [0.717, 1.165) is 44.9 Å². The van der Waals surface area contributed by atoms with Crippen LogP contribution in [-0.2, 0) is 9.59 Å². The number of rotatable bonds is 6. The van der Waals surface area contributed by atoms with E-state index < -0.39 is 17.4 Å². The molecule has 0 aliphatic heterocycles. The maximum Gasteiger partial charge on any atom is 0.309 e. The van der Waals surface area contributed by atoms with Crippen LogP contribution in [0, 0.1) is 28.6 Å². The van der Waals surface area contributed by atoms with E-state index in [1.165, 1.54) is 5.57 Å². The van der Waals surface area contributed by atoms with Gasteiger partial charge in [0, 0.05) is 6.42 Å². The second kappa shape index (κ2) is 6.89. The summed E-state index contributed by atoms with van der Waals surface area (Å²) in [4.78, 5) is 22.9. The van der Waals surface area contributed by atoms with Gasteiger partial charge in [0.25, 0.3) is 0 Å². The first-order chi connectivity index (χ1) is 11.1. The Bertz CT molecular complexity index is 526. The van der Waals surface area contributed by atoms with Gasteiger partial charge in [-0.3, -0.25) is 9.59 Å². The smallest absolute Gasteiger partial charge is 0.309 e. The van der Waals surface area contributed by atoms with E-state index in [0.29, 0.717) is 5.92 Å². The molecule has 0 bridgehead atoms. The second-order valence-corrected chi connectivity index (χ2v) is 8.66. The van der Waals surface area contributed by atoms with Gasteiger partial charge in [0.05, 0.1) is 5.41 Å². The van der Waals surface area contributed by atoms with Crippen LogP contribution >= 0.6 is 0 Å². The Hall–Kier alpha value is -1.32. The Labute approximate surface area is 145 Å². The van der Waals surface area contributed by atoms with Crippen molar-refractivity contribution in [2.24, 2.45) is 28.6 Å². The van der Waals surface area contributed by atoms with E-state index >= 15 is 0 Å². The van der Waals surface area contributed by atoms with Gasteiger partial charge in [0.1, 0.15) is 0 Å². The fraction of sp³-hybridized carbons (Fsp3) is 0.800. The van der Waals surface area contributed by atoms with Crippen LogP contribution in [0.3, 0.4) is 0 Å². The molecule has 2 aliphatic carbocycles. The fourth-order valence-electron chi connectivity index (χ4n) is 5.59. The molecule has 2 saturated carbocycles. The summed E-state index contributed by atoms with van der Waals surface area (Å²) in [7, 11) is 0. The highest BCUT2D eigenvalue weighted by molar-refractivity contribution is 5.75. The molecule has 2 aliphatic rings. The standard InChI is InChI=1S/C20H32O4/c1-13(12-17(21)22)6-8-15-14(2)7-9-16-19(15,3)10-5-11-20(16,4)18(23)24/h13,15-16H,2,5-12H2,1,3-4H3,(H,21,22)(H,23,24)/t13-,15-,16+,19+,20+/m0/s1. The molecule has 2 N–H and O–H groups in total. The van der Waals surface area contributed by atoms with Gasteiger partial charge in [-0.25, -0.2) is 0 Å². The number of allylic oxidation sites excluding steroid dienone is 1. The molecule has 2 rings (SSSR count). The molecule has 4 heteroatoms. The predicted molar refractivity (Wildman–Crippen MR) is 93.7 cm³/mol. The van der Waals surface area contributed by atoms with Crippen molar-refractivity contribution in [3.8, 4) is 0 Å². The van der Waals surface area contributed by atoms with Crippen molar-refractivity contribution >= 4 is 11.9 Å². The normalized spacial score (nSPS) is 37.5. The zero-order valence-corrected chi connectivity index (χ0v) is 15.3. The summed E-state index contributed by atoms with van der Waals surface area (Å²) in [5, 5.41) is 18.8. The lowest BCUT2D eigenvalue weighted by molar-refractivity contribution is -0.164. The van der Waals surface area contributed by atoms with Gasteiger partial charge in [-0.05, 0) is 68.6 Å². The Morgan fingerprint density at radius 3 is 2.54 bits per heavy atom. The minimum atomic E-state index is -0.745. The average molecular weight is 336 g/mol. The van der Waals surface area contributed by atoms with Crippen LogP contribution < -0.4 is 0 Å². The number of hydrogen-bond acceptors (Lipinski definition) is 2. The lowest BCUT2D eigenvalue weighted by atomic mass is 9.46. The van der Waals surface area contributed by atoms with E-state index in [-0.39, 0.29) is 23.7 Å². The summed E-state index contributed by atoms with van der Waals surface area (Å²) in [6, 6.07) is 0. The van der Waals surface area contributed by atoms with E-state index in [2.05, 4.69) is 13.5 Å². The van der Waals surface area contributed by atoms with Crippen LogP contribution in [0.4, 0.5) is 0 Å². The van der Waals surface area contributed by atoms with Crippen LogP contribution in [0.1, 0.15) is 72.1 Å². The first kappa shape index (κ1) is 19.0. The Kier molecular flexibility index (Phi) is 5.46. The van der Waals surface area contributed by atoms with Gasteiger partial charge in [-0.15, -0.1) is 0 Å². The van der Waals surface area contributed by atoms with E-state index in [9.17, 15) is 14.7 Å². The third-order valence-corrected chi connectivity index (χ3v) is 6.98. The van der Waals surface area contributed by atoms with Crippen LogP contribution in [-0.4, -0.2) is 22.2 Å². The van der Waals surface area contributed by atoms with E-state index in [1.807, 2.05) is 13.8 Å². The minimum Gasteiger partial charge on any atom is -0.481 e. The summed E-state index contributed by atoms with van der Waals surface area (Å²) in [6.07, 6.45) is 6.57. The molecule has 136 valence electrons. The zero-order valence-electron chi connectivity index (χ0n) is 15.3. The highest BCUT2D eigenvalue weighted by atomic mass is 16.4. The summed E-state index contributed by atoms with van der Waals surface area (Å²) in [5.74, 6) is -0.768. The molecule has 0 aromatic carbocycles. The number of carboxylic acid groups (broad SMARTS) is 2. The van der Waals surface area contributed by atoms with Crippen LogP contribution in [0.5, 0.6) is 0 Å². The number of aliphatic carboxylic acids is 2. The molecule has 0 aromatic rings. The van der Waals surface area contributed by atoms with Crippen LogP contribution in [0.2, 0.25) is 0 Å². The van der Waals surface area contributed by atoms with Gasteiger partial charge in [-0.1, -0.05) is 32.4 Å². The number of carboxylic acids is 2. The summed E-state index contributed by atoms with van der Waals surface area (Å²) in [6.45, 7) is 10.5. The predicted octanol–water partition coefficient (Wildman–Crippen LogP) is 4.74. The van der Waals surface area contributed by atoms with Crippen molar-refractivity contribution in [3.63, 3.8) is 0 Å². The van der Waals surface area contributed by atoms with Gasteiger partial charge < -0.3 is 10.2 Å². The molecule has 0 saturated heterocycles. The summed E-state index contributed by atoms with van der Waals surface area (Å²) >= 11 is 0. The maximum atomic E-state index is 12.0. The van der Waals surface area contributed by atoms with E-state index in [1.54, 1.807) is 0 Å². The molecule has 24 heavy (non-hydrogen) atoms. The maximum absolute atomic E-state index is 12.0. The molecule has 0 aromatic heterocycles. The topological polar surface area (TPSA) is 74.6 Å². The van der Waals surface area contributed by atoms with Gasteiger partial charge in [0.15, 0.2) is 0 Å². The average Bonchev–Trinajstić information content (AvgIpc) is 2.45. The van der Waals surface area contributed by atoms with Gasteiger partial charge in [-0.2, -0.15) is 0 Å². The summed E-state index contributed by atoms with van der Waals surface area (Å²) in [5.41, 5.74) is 0.577. The van der Waals surface area contributed by atoms with E-state index in [4.69, 9.17) is 5.11 Å². The van der Waals surface area contributed by atoms with Gasteiger partial charge in [0.2, 0.25) is 0 Å². The minimum absolute atomic E-state index is 0.0241. The molecule has 0 unspecified atom stereocenters. The second-order valence-electron chi connectivity index (χ2n) is 8.66. The zero-order chi connectivity index (χ0) is 18.1. The van der Waals surface area contributed by atoms with Crippen molar-refractivity contribution in [2.45, 2.75) is 72.1 Å². The third kappa shape index (κ3) is 3.38. The molecule has 0 spiro atoms. The molecule has 4 nitrogen and oxygen atoms in total. The Balaban J connectivity index is 2.19. The lowest BCUT2D eigenvalue weighted by Crippen LogP contribution is -2.53.